The Balaban J connectivity index is 1.60. The molecule has 1 aliphatic heterocycles. The van der Waals surface area contributed by atoms with E-state index < -0.39 is 0 Å². The number of rotatable bonds is 5. The highest BCUT2D eigenvalue weighted by Crippen LogP contribution is 2.22. The first-order valence-electron chi connectivity index (χ1n) is 7.04. The molecule has 1 atom stereocenters. The Labute approximate surface area is 117 Å². The van der Waals surface area contributed by atoms with Crippen LogP contribution in [0.5, 0.6) is 0 Å². The van der Waals surface area contributed by atoms with E-state index in [1.165, 1.54) is 6.42 Å². The zero-order valence-corrected chi connectivity index (χ0v) is 11.4. The highest BCUT2D eigenvalue weighted by atomic mass is 16.4. The summed E-state index contributed by atoms with van der Waals surface area (Å²) in [4.78, 5) is 2.31. The number of aliphatic hydroxyl groups is 1. The largest absolute Gasteiger partial charge is 0.459 e. The number of likely N-dealkylation sites (tertiary alicyclic amines) is 1. The van der Waals surface area contributed by atoms with E-state index in [0.29, 0.717) is 30.0 Å². The Morgan fingerprint density at radius 2 is 2.35 bits per heavy atom. The summed E-state index contributed by atoms with van der Waals surface area (Å²) < 4.78 is 10.9. The van der Waals surface area contributed by atoms with E-state index in [-0.39, 0.29) is 6.61 Å². The van der Waals surface area contributed by atoms with Gasteiger partial charge in [0, 0.05) is 13.2 Å². The van der Waals surface area contributed by atoms with E-state index in [1.807, 2.05) is 0 Å². The van der Waals surface area contributed by atoms with Crippen molar-refractivity contribution in [2.24, 2.45) is 5.92 Å². The van der Waals surface area contributed by atoms with Gasteiger partial charge in [-0.3, -0.25) is 4.90 Å². The maximum Gasteiger partial charge on any atom is 0.283 e. The first-order chi connectivity index (χ1) is 9.85. The molecule has 1 N–H and O–H groups in total. The van der Waals surface area contributed by atoms with Crippen LogP contribution in [0.25, 0.3) is 11.7 Å². The number of aromatic nitrogens is 2. The van der Waals surface area contributed by atoms with Crippen LogP contribution < -0.4 is 0 Å². The fourth-order valence-electron chi connectivity index (χ4n) is 2.72. The number of piperidine rings is 1. The van der Waals surface area contributed by atoms with Gasteiger partial charge in [-0.05, 0) is 43.9 Å². The molecular formula is C14H19N3O3. The summed E-state index contributed by atoms with van der Waals surface area (Å²) in [6.45, 7) is 2.96. The van der Waals surface area contributed by atoms with E-state index in [1.54, 1.807) is 18.4 Å². The van der Waals surface area contributed by atoms with Gasteiger partial charge in [0.15, 0.2) is 5.76 Å². The van der Waals surface area contributed by atoms with Crippen LogP contribution in [0, 0.1) is 5.92 Å². The maximum atomic E-state index is 9.03. The van der Waals surface area contributed by atoms with E-state index in [0.717, 1.165) is 25.9 Å². The van der Waals surface area contributed by atoms with E-state index in [2.05, 4.69) is 15.1 Å². The van der Waals surface area contributed by atoms with Crippen LogP contribution in [0.1, 0.15) is 25.2 Å². The van der Waals surface area contributed by atoms with Crippen LogP contribution in [-0.2, 0) is 6.54 Å². The van der Waals surface area contributed by atoms with Crippen LogP contribution in [0.15, 0.2) is 27.2 Å². The molecule has 0 radical (unpaired) electrons. The van der Waals surface area contributed by atoms with Gasteiger partial charge in [-0.25, -0.2) is 0 Å². The molecule has 1 fully saturated rings. The molecule has 2 aromatic heterocycles. The van der Waals surface area contributed by atoms with Gasteiger partial charge >= 0.3 is 0 Å². The van der Waals surface area contributed by atoms with Crippen LogP contribution in [0.2, 0.25) is 0 Å². The Morgan fingerprint density at radius 3 is 3.15 bits per heavy atom. The molecule has 0 aliphatic carbocycles. The van der Waals surface area contributed by atoms with Gasteiger partial charge in [-0.1, -0.05) is 0 Å². The minimum absolute atomic E-state index is 0.266. The third-order valence-electron chi connectivity index (χ3n) is 3.70. The molecule has 0 aromatic carbocycles. The molecule has 0 saturated carbocycles. The fraction of sp³-hybridized carbons (Fsp3) is 0.571. The molecule has 3 rings (SSSR count). The van der Waals surface area contributed by atoms with Crippen molar-refractivity contribution in [1.82, 2.24) is 15.1 Å². The first-order valence-corrected chi connectivity index (χ1v) is 7.04. The standard InChI is InChI=1S/C14H19N3O3/c18-7-5-11-3-1-6-17(9-11)10-13-15-16-14(20-13)12-4-2-8-19-12/h2,4,8,11,18H,1,3,5-7,9-10H2. The number of hydrogen-bond acceptors (Lipinski definition) is 6. The molecule has 1 saturated heterocycles. The molecule has 0 bridgehead atoms. The number of aliphatic hydroxyl groups excluding tert-OH is 1. The van der Waals surface area contributed by atoms with Crippen LogP contribution >= 0.6 is 0 Å². The number of nitrogens with zero attached hydrogens (tertiary/aromatic N) is 3. The predicted molar refractivity (Wildman–Crippen MR) is 71.7 cm³/mol. The quantitative estimate of drug-likeness (QED) is 0.900. The third-order valence-corrected chi connectivity index (χ3v) is 3.70. The monoisotopic (exact) mass is 277 g/mol. The van der Waals surface area contributed by atoms with Crippen LogP contribution in [0.3, 0.4) is 0 Å². The van der Waals surface area contributed by atoms with E-state index in [4.69, 9.17) is 13.9 Å². The molecule has 6 heteroatoms. The lowest BCUT2D eigenvalue weighted by atomic mass is 9.95. The van der Waals surface area contributed by atoms with Gasteiger partial charge < -0.3 is 13.9 Å². The van der Waals surface area contributed by atoms with Crippen molar-refractivity contribution in [2.75, 3.05) is 19.7 Å². The molecule has 0 amide bonds. The molecule has 1 unspecified atom stereocenters. The lowest BCUT2D eigenvalue weighted by Gasteiger charge is -2.31. The predicted octanol–water partition coefficient (Wildman–Crippen LogP) is 1.92. The highest BCUT2D eigenvalue weighted by molar-refractivity contribution is 5.42. The molecule has 1 aliphatic rings. The van der Waals surface area contributed by atoms with Crippen molar-refractivity contribution in [3.63, 3.8) is 0 Å². The fourth-order valence-corrected chi connectivity index (χ4v) is 2.72. The van der Waals surface area contributed by atoms with Crippen LogP contribution in [0.4, 0.5) is 0 Å². The second kappa shape index (κ2) is 6.19. The molecule has 20 heavy (non-hydrogen) atoms. The van der Waals surface area contributed by atoms with Gasteiger partial charge in [0.2, 0.25) is 5.89 Å². The molecule has 0 spiro atoms. The lowest BCUT2D eigenvalue weighted by molar-refractivity contribution is 0.133. The Bertz CT molecular complexity index is 522. The van der Waals surface area contributed by atoms with Gasteiger partial charge in [0.1, 0.15) is 0 Å². The maximum absolute atomic E-state index is 9.03. The van der Waals surface area contributed by atoms with Crippen molar-refractivity contribution < 1.29 is 13.9 Å². The van der Waals surface area contributed by atoms with E-state index >= 15 is 0 Å². The minimum atomic E-state index is 0.266. The zero-order valence-electron chi connectivity index (χ0n) is 11.4. The van der Waals surface area contributed by atoms with Crippen molar-refractivity contribution >= 4 is 0 Å². The summed E-state index contributed by atoms with van der Waals surface area (Å²) in [7, 11) is 0. The molecule has 6 nitrogen and oxygen atoms in total. The summed E-state index contributed by atoms with van der Waals surface area (Å²) in [6.07, 6.45) is 4.81. The van der Waals surface area contributed by atoms with Crippen molar-refractivity contribution in [3.8, 4) is 11.7 Å². The smallest absolute Gasteiger partial charge is 0.283 e. The molecule has 108 valence electrons. The van der Waals surface area contributed by atoms with E-state index in [9.17, 15) is 0 Å². The summed E-state index contributed by atoms with van der Waals surface area (Å²) in [6, 6.07) is 3.60. The summed E-state index contributed by atoms with van der Waals surface area (Å²) in [5.74, 6) is 2.21. The molecule has 3 heterocycles. The number of hydrogen-bond donors (Lipinski definition) is 1. The third kappa shape index (κ3) is 3.08. The summed E-state index contributed by atoms with van der Waals surface area (Å²) in [5.41, 5.74) is 0. The van der Waals surface area contributed by atoms with Crippen molar-refractivity contribution in [2.45, 2.75) is 25.8 Å². The first kappa shape index (κ1) is 13.3. The second-order valence-electron chi connectivity index (χ2n) is 5.23. The summed E-state index contributed by atoms with van der Waals surface area (Å²) in [5, 5.41) is 17.1. The average Bonchev–Trinajstić information content (AvgIpc) is 3.10. The van der Waals surface area contributed by atoms with Gasteiger partial charge in [0.05, 0.1) is 12.8 Å². The molecule has 2 aromatic rings. The Kier molecular flexibility index (Phi) is 4.13. The lowest BCUT2D eigenvalue weighted by Crippen LogP contribution is -2.35. The average molecular weight is 277 g/mol. The topological polar surface area (TPSA) is 75.5 Å². The molecular weight excluding hydrogens is 258 g/mol. The second-order valence-corrected chi connectivity index (χ2v) is 5.23. The normalized spacial score (nSPS) is 20.4. The number of furan rings is 1. The van der Waals surface area contributed by atoms with Gasteiger partial charge in [-0.15, -0.1) is 10.2 Å². The van der Waals surface area contributed by atoms with Gasteiger partial charge in [-0.2, -0.15) is 0 Å². The zero-order chi connectivity index (χ0) is 13.8. The highest BCUT2D eigenvalue weighted by Gasteiger charge is 2.21. The van der Waals surface area contributed by atoms with Crippen molar-refractivity contribution in [3.05, 3.63) is 24.3 Å². The van der Waals surface area contributed by atoms with Gasteiger partial charge in [0.25, 0.3) is 5.89 Å². The Hall–Kier alpha value is -1.66. The Morgan fingerprint density at radius 1 is 1.40 bits per heavy atom. The summed E-state index contributed by atoms with van der Waals surface area (Å²) >= 11 is 0. The SMILES string of the molecule is OCCC1CCCN(Cc2nnc(-c3ccco3)o2)C1. The van der Waals surface area contributed by atoms with Crippen molar-refractivity contribution in [1.29, 1.82) is 0 Å². The minimum Gasteiger partial charge on any atom is -0.459 e. The van der Waals surface area contributed by atoms with Crippen LogP contribution in [-0.4, -0.2) is 39.9 Å².